The minimum Gasteiger partial charge on any atom is -0.433 e. The zero-order valence-corrected chi connectivity index (χ0v) is 10.8. The number of rotatable bonds is 4. The van der Waals surface area contributed by atoms with Gasteiger partial charge in [-0.1, -0.05) is 22.0 Å². The summed E-state index contributed by atoms with van der Waals surface area (Å²) >= 11 is 7.06. The highest BCUT2D eigenvalue weighted by atomic mass is 79.9. The molecule has 0 saturated heterocycles. The van der Waals surface area contributed by atoms with E-state index in [0.717, 1.165) is 0 Å². The molecule has 1 aromatic rings. The number of hydrogen-bond donors (Lipinski definition) is 1. The van der Waals surface area contributed by atoms with Crippen LogP contribution in [0.2, 0.25) is 0 Å². The molecule has 88 valence electrons. The van der Waals surface area contributed by atoms with Gasteiger partial charge in [0.05, 0.1) is 10.4 Å². The Morgan fingerprint density at radius 2 is 2.12 bits per heavy atom. The highest BCUT2D eigenvalue weighted by molar-refractivity contribution is 9.10. The number of halogens is 3. The molecule has 1 rings (SSSR count). The smallest absolute Gasteiger partial charge is 0.387 e. The first-order valence-electron chi connectivity index (χ1n) is 4.38. The molecule has 0 radical (unpaired) electrons. The number of hydrogen-bond acceptors (Lipinski definition) is 3. The van der Waals surface area contributed by atoms with Gasteiger partial charge in [-0.3, -0.25) is 4.79 Å². The number of carbonyl (C=O) groups excluding carboxylic acids is 1. The van der Waals surface area contributed by atoms with Gasteiger partial charge in [-0.15, -0.1) is 12.6 Å². The Hall–Kier alpha value is -0.620. The molecule has 2 nitrogen and oxygen atoms in total. The Morgan fingerprint density at radius 3 is 2.62 bits per heavy atom. The van der Waals surface area contributed by atoms with Crippen LogP contribution in [-0.4, -0.2) is 17.2 Å². The fraction of sp³-hybridized carbons (Fsp3) is 0.300. The Balaban J connectivity index is 3.17. The summed E-state index contributed by atoms with van der Waals surface area (Å²) in [6.07, 6.45) is 0. The molecule has 0 fully saturated rings. The van der Waals surface area contributed by atoms with E-state index in [2.05, 4.69) is 33.3 Å². The standard InChI is InChI=1S/C10H9BrF2O2S/c1-5(11)8(14)6-3-2-4-7(16)9(6)15-10(12)13/h2-5,10,16H,1H3. The van der Waals surface area contributed by atoms with Crippen LogP contribution in [0.1, 0.15) is 17.3 Å². The van der Waals surface area contributed by atoms with E-state index >= 15 is 0 Å². The van der Waals surface area contributed by atoms with Crippen LogP contribution in [0.4, 0.5) is 8.78 Å². The number of alkyl halides is 3. The molecule has 16 heavy (non-hydrogen) atoms. The van der Waals surface area contributed by atoms with Gasteiger partial charge >= 0.3 is 6.61 Å². The van der Waals surface area contributed by atoms with E-state index in [0.29, 0.717) is 0 Å². The van der Waals surface area contributed by atoms with E-state index in [9.17, 15) is 13.6 Å². The average molecular weight is 311 g/mol. The fourth-order valence-corrected chi connectivity index (χ4v) is 1.65. The van der Waals surface area contributed by atoms with Crippen molar-refractivity contribution in [2.45, 2.75) is 23.3 Å². The van der Waals surface area contributed by atoms with Gasteiger partial charge in [-0.05, 0) is 19.1 Å². The van der Waals surface area contributed by atoms with Gasteiger partial charge in [0.1, 0.15) is 5.75 Å². The van der Waals surface area contributed by atoms with Crippen molar-refractivity contribution in [3.05, 3.63) is 23.8 Å². The third-order valence-electron chi connectivity index (χ3n) is 1.83. The topological polar surface area (TPSA) is 26.3 Å². The van der Waals surface area contributed by atoms with Gasteiger partial charge in [0.2, 0.25) is 0 Å². The summed E-state index contributed by atoms with van der Waals surface area (Å²) in [6.45, 7) is -1.37. The van der Waals surface area contributed by atoms with Crippen LogP contribution in [0.25, 0.3) is 0 Å². The van der Waals surface area contributed by atoms with Gasteiger partial charge in [0.25, 0.3) is 0 Å². The second-order valence-electron chi connectivity index (χ2n) is 3.01. The second kappa shape index (κ2) is 5.63. The van der Waals surface area contributed by atoms with E-state index in [-0.39, 0.29) is 22.0 Å². The first-order valence-corrected chi connectivity index (χ1v) is 5.75. The van der Waals surface area contributed by atoms with Crippen molar-refractivity contribution in [1.29, 1.82) is 0 Å². The Bertz CT molecular complexity index is 396. The number of para-hydroxylation sites is 1. The summed E-state index contributed by atoms with van der Waals surface area (Å²) in [4.78, 5) is 11.4. The molecule has 1 aromatic carbocycles. The van der Waals surface area contributed by atoms with Gasteiger partial charge < -0.3 is 4.74 Å². The van der Waals surface area contributed by atoms with Crippen LogP contribution in [-0.2, 0) is 0 Å². The quantitative estimate of drug-likeness (QED) is 0.523. The third-order valence-corrected chi connectivity index (χ3v) is 2.60. The summed E-state index contributed by atoms with van der Waals surface area (Å²) in [5.74, 6) is -0.510. The maximum atomic E-state index is 12.2. The lowest BCUT2D eigenvalue weighted by Gasteiger charge is -2.12. The molecule has 0 saturated carbocycles. The largest absolute Gasteiger partial charge is 0.433 e. The second-order valence-corrected chi connectivity index (χ2v) is 4.87. The van der Waals surface area contributed by atoms with Crippen molar-refractivity contribution >= 4 is 34.3 Å². The molecule has 0 N–H and O–H groups in total. The van der Waals surface area contributed by atoms with E-state index < -0.39 is 11.4 Å². The molecule has 0 aliphatic heterocycles. The number of carbonyl (C=O) groups is 1. The van der Waals surface area contributed by atoms with Crippen LogP contribution in [0.5, 0.6) is 5.75 Å². The van der Waals surface area contributed by atoms with E-state index in [4.69, 9.17) is 0 Å². The predicted octanol–water partition coefficient (Wildman–Crippen LogP) is 3.54. The van der Waals surface area contributed by atoms with E-state index in [1.165, 1.54) is 12.1 Å². The molecule has 6 heteroatoms. The molecular weight excluding hydrogens is 302 g/mol. The van der Waals surface area contributed by atoms with E-state index in [1.807, 2.05) is 0 Å². The van der Waals surface area contributed by atoms with Crippen molar-refractivity contribution in [3.8, 4) is 5.75 Å². The van der Waals surface area contributed by atoms with Crippen molar-refractivity contribution in [1.82, 2.24) is 0 Å². The fourth-order valence-electron chi connectivity index (χ4n) is 1.15. The van der Waals surface area contributed by atoms with Crippen molar-refractivity contribution in [3.63, 3.8) is 0 Å². The normalized spacial score (nSPS) is 12.6. The molecule has 0 heterocycles. The number of ether oxygens (including phenoxy) is 1. The Morgan fingerprint density at radius 1 is 1.50 bits per heavy atom. The maximum absolute atomic E-state index is 12.2. The average Bonchev–Trinajstić information content (AvgIpc) is 2.19. The Kier molecular flexibility index (Phi) is 4.73. The molecule has 1 atom stereocenters. The summed E-state index contributed by atoms with van der Waals surface area (Å²) in [5.41, 5.74) is 0.0946. The molecule has 0 aliphatic rings. The van der Waals surface area contributed by atoms with Gasteiger partial charge in [-0.2, -0.15) is 8.78 Å². The number of Topliss-reactive ketones (excluding diaryl/α,β-unsaturated/α-hetero) is 1. The first-order chi connectivity index (χ1) is 7.43. The SMILES string of the molecule is CC(Br)C(=O)c1cccc(S)c1OC(F)F. The minimum absolute atomic E-state index is 0.0946. The number of benzene rings is 1. The van der Waals surface area contributed by atoms with E-state index in [1.54, 1.807) is 13.0 Å². The van der Waals surface area contributed by atoms with Crippen LogP contribution in [0, 0.1) is 0 Å². The van der Waals surface area contributed by atoms with Gasteiger partial charge in [-0.25, -0.2) is 0 Å². The van der Waals surface area contributed by atoms with Crippen LogP contribution < -0.4 is 4.74 Å². The summed E-state index contributed by atoms with van der Waals surface area (Å²) in [7, 11) is 0. The number of ketones is 1. The maximum Gasteiger partial charge on any atom is 0.387 e. The highest BCUT2D eigenvalue weighted by Gasteiger charge is 2.20. The van der Waals surface area contributed by atoms with Gasteiger partial charge in [0.15, 0.2) is 5.78 Å². The van der Waals surface area contributed by atoms with Crippen molar-refractivity contribution in [2.75, 3.05) is 0 Å². The Labute approximate surface area is 106 Å². The highest BCUT2D eigenvalue weighted by Crippen LogP contribution is 2.30. The lowest BCUT2D eigenvalue weighted by atomic mass is 10.1. The lowest BCUT2D eigenvalue weighted by molar-refractivity contribution is -0.0519. The number of thiol groups is 1. The molecular formula is C10H9BrF2O2S. The minimum atomic E-state index is -2.98. The summed E-state index contributed by atoms with van der Waals surface area (Å²) in [5, 5.41) is 0. The molecule has 0 amide bonds. The summed E-state index contributed by atoms with van der Waals surface area (Å²) < 4.78 is 28.6. The van der Waals surface area contributed by atoms with Crippen LogP contribution >= 0.6 is 28.6 Å². The summed E-state index contributed by atoms with van der Waals surface area (Å²) in [6, 6.07) is 4.47. The van der Waals surface area contributed by atoms with Crippen LogP contribution in [0.15, 0.2) is 23.1 Å². The third kappa shape index (κ3) is 3.18. The molecule has 0 aliphatic carbocycles. The zero-order valence-electron chi connectivity index (χ0n) is 8.28. The van der Waals surface area contributed by atoms with Crippen molar-refractivity contribution < 1.29 is 18.3 Å². The zero-order chi connectivity index (χ0) is 12.3. The first kappa shape index (κ1) is 13.4. The molecule has 0 aromatic heterocycles. The lowest BCUT2D eigenvalue weighted by Crippen LogP contribution is -2.14. The van der Waals surface area contributed by atoms with Gasteiger partial charge in [0, 0.05) is 4.90 Å². The van der Waals surface area contributed by atoms with Crippen molar-refractivity contribution in [2.24, 2.45) is 0 Å². The molecule has 0 spiro atoms. The van der Waals surface area contributed by atoms with Crippen LogP contribution in [0.3, 0.4) is 0 Å². The monoisotopic (exact) mass is 310 g/mol. The predicted molar refractivity (Wildman–Crippen MR) is 63.0 cm³/mol. The molecule has 1 unspecified atom stereocenters. The molecule has 0 bridgehead atoms.